The lowest BCUT2D eigenvalue weighted by Gasteiger charge is -2.38. The fourth-order valence-electron chi connectivity index (χ4n) is 2.49. The number of rotatable bonds is 3. The van der Waals surface area contributed by atoms with E-state index < -0.39 is 36.1 Å². The van der Waals surface area contributed by atoms with Crippen molar-refractivity contribution in [2.75, 3.05) is 17.2 Å². The predicted octanol–water partition coefficient (Wildman–Crippen LogP) is 3.72. The molecule has 3 rings (SSSR count). The summed E-state index contributed by atoms with van der Waals surface area (Å²) in [5, 5.41) is 4.38. The molecule has 2 aromatic rings. The fourth-order valence-corrected chi connectivity index (χ4v) is 2.66. The summed E-state index contributed by atoms with van der Waals surface area (Å²) in [6.45, 7) is -1.30. The summed E-state index contributed by atoms with van der Waals surface area (Å²) in [5.74, 6) is 0.203. The number of cyclic esters (lactones) is 1. The number of benzene rings is 1. The highest BCUT2D eigenvalue weighted by Crippen LogP contribution is 2.48. The molecule has 1 unspecified atom stereocenters. The van der Waals surface area contributed by atoms with Gasteiger partial charge in [-0.1, -0.05) is 17.7 Å². The number of hydrogen-bond donors (Lipinski definition) is 2. The number of alkyl halides is 3. The smallest absolute Gasteiger partial charge is 0.426 e. The van der Waals surface area contributed by atoms with Crippen LogP contribution in [0.4, 0.5) is 34.3 Å². The molecule has 1 aliphatic heterocycles. The van der Waals surface area contributed by atoms with Crippen LogP contribution in [0.1, 0.15) is 5.56 Å². The van der Waals surface area contributed by atoms with Gasteiger partial charge in [0.1, 0.15) is 6.61 Å². The molecule has 0 saturated heterocycles. The maximum Gasteiger partial charge on any atom is 0.505 e. The van der Waals surface area contributed by atoms with Crippen LogP contribution in [-0.4, -0.2) is 25.0 Å². The summed E-state index contributed by atoms with van der Waals surface area (Å²) in [5.41, 5.74) is -3.82. The highest BCUT2D eigenvalue weighted by Gasteiger charge is 2.63. The Labute approximate surface area is 155 Å². The largest absolute Gasteiger partial charge is 0.505 e. The van der Waals surface area contributed by atoms with Gasteiger partial charge in [-0.25, -0.2) is 9.78 Å². The van der Waals surface area contributed by atoms with Crippen LogP contribution < -0.4 is 15.6 Å². The maximum absolute atomic E-state index is 13.9. The van der Waals surface area contributed by atoms with Gasteiger partial charge in [0.15, 0.2) is 0 Å². The first kappa shape index (κ1) is 18.8. The summed E-state index contributed by atoms with van der Waals surface area (Å²) in [7, 11) is 0. The lowest BCUT2D eigenvalue weighted by molar-refractivity contribution is -0.360. The van der Waals surface area contributed by atoms with Crippen molar-refractivity contribution in [2.24, 2.45) is 0 Å². The molecular formula is C16H12ClF3N3O4+. The molecule has 1 atom stereocenters. The number of fused-ring (bicyclic) bond motifs is 1. The molecule has 3 N–H and O–H groups in total. The monoisotopic (exact) mass is 402 g/mol. The van der Waals surface area contributed by atoms with E-state index in [-0.39, 0.29) is 16.5 Å². The van der Waals surface area contributed by atoms with Crippen molar-refractivity contribution in [2.45, 2.75) is 11.8 Å². The second kappa shape index (κ2) is 6.95. The van der Waals surface area contributed by atoms with Gasteiger partial charge in [-0.15, -0.1) is 0 Å². The molecule has 1 aromatic carbocycles. The lowest BCUT2D eigenvalue weighted by atomic mass is 9.90. The van der Waals surface area contributed by atoms with Crippen LogP contribution in [0.5, 0.6) is 0 Å². The summed E-state index contributed by atoms with van der Waals surface area (Å²) in [6.07, 6.45) is -6.08. The maximum atomic E-state index is 13.9. The van der Waals surface area contributed by atoms with E-state index in [1.807, 2.05) is 0 Å². The second-order valence-corrected chi connectivity index (χ2v) is 5.94. The highest BCUT2D eigenvalue weighted by atomic mass is 35.5. The van der Waals surface area contributed by atoms with Gasteiger partial charge in [0.05, 0.1) is 11.9 Å². The summed E-state index contributed by atoms with van der Waals surface area (Å²) in [6, 6.07) is 8.22. The van der Waals surface area contributed by atoms with Crippen molar-refractivity contribution in [3.05, 3.63) is 53.2 Å². The zero-order chi connectivity index (χ0) is 19.7. The molecule has 142 valence electrons. The van der Waals surface area contributed by atoms with Crippen molar-refractivity contribution in [3.8, 4) is 0 Å². The van der Waals surface area contributed by atoms with E-state index in [9.17, 15) is 22.8 Å². The average Bonchev–Trinajstić information content (AvgIpc) is 2.60. The van der Waals surface area contributed by atoms with E-state index in [1.54, 1.807) is 12.1 Å². The third-order valence-electron chi connectivity index (χ3n) is 3.73. The quantitative estimate of drug-likeness (QED) is 0.818. The van der Waals surface area contributed by atoms with Gasteiger partial charge in [-0.2, -0.15) is 23.3 Å². The lowest BCUT2D eigenvalue weighted by Crippen LogP contribution is -2.53. The number of hydrogen-bond acceptors (Lipinski definition) is 4. The number of nitrogens with one attached hydrogen (secondary N) is 3. The number of carbonyl (C=O) groups excluding carboxylic acids is 2. The van der Waals surface area contributed by atoms with Gasteiger partial charge in [-0.05, 0) is 24.3 Å². The molecule has 2 heterocycles. The van der Waals surface area contributed by atoms with Gasteiger partial charge < -0.3 is 9.47 Å². The van der Waals surface area contributed by atoms with E-state index in [4.69, 9.17) is 16.3 Å². The number of aromatic nitrogens is 1. The third-order valence-corrected chi connectivity index (χ3v) is 3.97. The van der Waals surface area contributed by atoms with Gasteiger partial charge in [0, 0.05) is 16.7 Å². The standard InChI is InChI=1S/C16H11ClF3N3O4/c17-9-4-5-11-10(7-9)15(16(18,19)20,27-14(25)22-11)8-26-13(24)23-12-3-1-2-6-21-12/h1-7H,8H2,(H,22,25)(H,21,23,24)/p+1. The molecule has 0 radical (unpaired) electrons. The van der Waals surface area contributed by atoms with Crippen LogP contribution in [0.2, 0.25) is 5.02 Å². The van der Waals surface area contributed by atoms with Crippen LogP contribution in [0.25, 0.3) is 0 Å². The number of ether oxygens (including phenoxy) is 2. The first-order chi connectivity index (χ1) is 12.7. The van der Waals surface area contributed by atoms with Crippen LogP contribution in [-0.2, 0) is 15.1 Å². The Kier molecular flexibility index (Phi) is 4.83. The first-order valence-corrected chi connectivity index (χ1v) is 7.86. The molecule has 1 aromatic heterocycles. The van der Waals surface area contributed by atoms with Crippen molar-refractivity contribution >= 4 is 35.3 Å². The van der Waals surface area contributed by atoms with Gasteiger partial charge in [-0.3, -0.25) is 5.32 Å². The van der Waals surface area contributed by atoms with E-state index in [0.29, 0.717) is 0 Å². The molecule has 0 fully saturated rings. The van der Waals surface area contributed by atoms with Crippen molar-refractivity contribution in [1.82, 2.24) is 0 Å². The minimum Gasteiger partial charge on any atom is -0.426 e. The molecule has 0 aliphatic carbocycles. The number of aromatic amines is 1. The molecule has 7 nitrogen and oxygen atoms in total. The fraction of sp³-hybridized carbons (Fsp3) is 0.188. The minimum atomic E-state index is -5.08. The van der Waals surface area contributed by atoms with Gasteiger partial charge in [0.2, 0.25) is 0 Å². The van der Waals surface area contributed by atoms with Crippen molar-refractivity contribution in [1.29, 1.82) is 0 Å². The summed E-state index contributed by atoms with van der Waals surface area (Å²) in [4.78, 5) is 26.2. The van der Waals surface area contributed by atoms with Crippen LogP contribution in [0.3, 0.4) is 0 Å². The topological polar surface area (TPSA) is 90.8 Å². The molecule has 27 heavy (non-hydrogen) atoms. The summed E-state index contributed by atoms with van der Waals surface area (Å²) < 4.78 is 51.0. The van der Waals surface area contributed by atoms with Gasteiger partial charge in [0.25, 0.3) is 11.4 Å². The Balaban J connectivity index is 1.90. The summed E-state index contributed by atoms with van der Waals surface area (Å²) >= 11 is 5.80. The number of H-pyrrole nitrogens is 1. The Morgan fingerprint density at radius 1 is 1.33 bits per heavy atom. The van der Waals surface area contributed by atoms with E-state index >= 15 is 0 Å². The molecule has 0 bridgehead atoms. The first-order valence-electron chi connectivity index (χ1n) is 7.48. The number of pyridine rings is 1. The zero-order valence-electron chi connectivity index (χ0n) is 13.4. The Morgan fingerprint density at radius 3 is 2.78 bits per heavy atom. The average molecular weight is 403 g/mol. The molecular weight excluding hydrogens is 391 g/mol. The van der Waals surface area contributed by atoms with Crippen LogP contribution >= 0.6 is 11.6 Å². The third kappa shape index (κ3) is 3.75. The minimum absolute atomic E-state index is 0.00883. The van der Waals surface area contributed by atoms with Gasteiger partial charge >= 0.3 is 18.4 Å². The van der Waals surface area contributed by atoms with Crippen LogP contribution in [0, 0.1) is 0 Å². The molecule has 11 heteroatoms. The van der Waals surface area contributed by atoms with Crippen molar-refractivity contribution in [3.63, 3.8) is 0 Å². The Bertz CT molecular complexity index is 879. The van der Waals surface area contributed by atoms with E-state index in [1.165, 1.54) is 24.4 Å². The van der Waals surface area contributed by atoms with Crippen LogP contribution in [0.15, 0.2) is 42.6 Å². The number of carbonyl (C=O) groups is 2. The zero-order valence-corrected chi connectivity index (χ0v) is 14.1. The molecule has 0 spiro atoms. The van der Waals surface area contributed by atoms with E-state index in [2.05, 4.69) is 20.4 Å². The van der Waals surface area contributed by atoms with Crippen molar-refractivity contribution < 1.29 is 37.2 Å². The number of anilines is 2. The normalized spacial score (nSPS) is 18.7. The second-order valence-electron chi connectivity index (χ2n) is 5.51. The number of halogens is 4. The molecule has 1 aliphatic rings. The SMILES string of the molecule is O=C(Nc1cccc[nH+]1)OCC1(C(F)(F)F)OC(=O)Nc2ccc(Cl)cc21. The van der Waals surface area contributed by atoms with E-state index in [0.717, 1.165) is 6.07 Å². The predicted molar refractivity (Wildman–Crippen MR) is 87.3 cm³/mol. The molecule has 0 saturated carbocycles. The number of amides is 2. The Hall–Kier alpha value is -3.01. The Morgan fingerprint density at radius 2 is 2.11 bits per heavy atom. The highest BCUT2D eigenvalue weighted by molar-refractivity contribution is 6.30. The molecule has 2 amide bonds.